The minimum Gasteiger partial charge on any atom is -0.479 e. The molecule has 0 aromatic heterocycles. The number of ether oxygens (including phenoxy) is 1. The summed E-state index contributed by atoms with van der Waals surface area (Å²) < 4.78 is 30.0. The van der Waals surface area contributed by atoms with E-state index < -0.39 is 10.0 Å². The number of carbonyl (C=O) groups excluding carboxylic acids is 2. The number of anilines is 2. The predicted octanol–water partition coefficient (Wildman–Crippen LogP) is 0.652. The Morgan fingerprint density at radius 3 is 2.60 bits per heavy atom. The number of benzene rings is 1. The van der Waals surface area contributed by atoms with Crippen LogP contribution < -0.4 is 15.0 Å². The van der Waals surface area contributed by atoms with Gasteiger partial charge >= 0.3 is 0 Å². The number of carbonyl (C=O) groups is 2. The Kier molecular flexibility index (Phi) is 4.70. The smallest absolute Gasteiger partial charge is 0.264 e. The summed E-state index contributed by atoms with van der Waals surface area (Å²) in [5, 5.41) is 2.86. The number of nitrogens with zero attached hydrogens (tertiary/aromatic N) is 2. The highest BCUT2D eigenvalue weighted by atomic mass is 32.2. The maximum atomic E-state index is 12.5. The normalized spacial score (nSPS) is 19.3. The van der Waals surface area contributed by atoms with E-state index in [2.05, 4.69) is 5.32 Å². The van der Waals surface area contributed by atoms with E-state index in [0.29, 0.717) is 43.1 Å². The van der Waals surface area contributed by atoms with Gasteiger partial charge in [-0.3, -0.25) is 9.59 Å². The van der Waals surface area contributed by atoms with Crippen LogP contribution in [-0.4, -0.2) is 57.5 Å². The van der Waals surface area contributed by atoms with Gasteiger partial charge in [0.15, 0.2) is 12.4 Å². The van der Waals surface area contributed by atoms with Gasteiger partial charge in [-0.1, -0.05) is 6.07 Å². The van der Waals surface area contributed by atoms with Crippen molar-refractivity contribution in [1.29, 1.82) is 0 Å². The van der Waals surface area contributed by atoms with Crippen molar-refractivity contribution in [1.82, 2.24) is 4.31 Å². The van der Waals surface area contributed by atoms with E-state index >= 15 is 0 Å². The molecule has 0 bridgehead atoms. The maximum Gasteiger partial charge on any atom is 0.264 e. The zero-order chi connectivity index (χ0) is 18.2. The van der Waals surface area contributed by atoms with Crippen LogP contribution in [0.3, 0.4) is 0 Å². The Morgan fingerprint density at radius 2 is 1.96 bits per heavy atom. The molecule has 1 N–H and O–H groups in total. The van der Waals surface area contributed by atoms with Crippen LogP contribution in [0, 0.1) is 5.92 Å². The highest BCUT2D eigenvalue weighted by Gasteiger charge is 2.30. The summed E-state index contributed by atoms with van der Waals surface area (Å²) in [5.41, 5.74) is 1.13. The number of nitrogens with one attached hydrogen (secondary N) is 1. The number of rotatable bonds is 3. The van der Waals surface area contributed by atoms with E-state index in [9.17, 15) is 18.0 Å². The molecule has 2 aliphatic heterocycles. The van der Waals surface area contributed by atoms with E-state index in [0.717, 1.165) is 0 Å². The minimum atomic E-state index is -3.21. The Bertz CT molecular complexity index is 800. The van der Waals surface area contributed by atoms with E-state index in [1.54, 1.807) is 25.2 Å². The fourth-order valence-electron chi connectivity index (χ4n) is 3.09. The first-order valence-electron chi connectivity index (χ1n) is 8.05. The van der Waals surface area contributed by atoms with E-state index in [1.165, 1.54) is 15.5 Å². The first kappa shape index (κ1) is 17.7. The lowest BCUT2D eigenvalue weighted by Gasteiger charge is -2.30. The molecular formula is C16H21N3O5S. The third-order valence-electron chi connectivity index (χ3n) is 4.62. The molecular weight excluding hydrogens is 346 g/mol. The van der Waals surface area contributed by atoms with Gasteiger partial charge in [-0.25, -0.2) is 12.7 Å². The Balaban J connectivity index is 1.70. The summed E-state index contributed by atoms with van der Waals surface area (Å²) >= 11 is 0. The van der Waals surface area contributed by atoms with Crippen LogP contribution in [0.2, 0.25) is 0 Å². The number of para-hydroxylation sites is 1. The van der Waals surface area contributed by atoms with Crippen LogP contribution in [0.4, 0.5) is 11.4 Å². The Hall–Kier alpha value is -2.13. The van der Waals surface area contributed by atoms with Crippen LogP contribution in [0.25, 0.3) is 0 Å². The summed E-state index contributed by atoms with van der Waals surface area (Å²) in [6.45, 7) is 0.623. The number of sulfonamides is 1. The average Bonchev–Trinajstić information content (AvgIpc) is 2.58. The predicted molar refractivity (Wildman–Crippen MR) is 93.1 cm³/mol. The number of amides is 2. The number of piperidine rings is 1. The van der Waals surface area contributed by atoms with Gasteiger partial charge in [0.1, 0.15) is 0 Å². The molecule has 1 aromatic rings. The molecule has 2 aliphatic rings. The molecule has 0 aliphatic carbocycles. The van der Waals surface area contributed by atoms with Crippen LogP contribution in [0.15, 0.2) is 18.2 Å². The van der Waals surface area contributed by atoms with Crippen molar-refractivity contribution >= 4 is 33.2 Å². The van der Waals surface area contributed by atoms with Crippen LogP contribution in [0.1, 0.15) is 12.8 Å². The summed E-state index contributed by atoms with van der Waals surface area (Å²) in [6, 6.07) is 5.23. The van der Waals surface area contributed by atoms with Gasteiger partial charge in [0.05, 0.1) is 17.6 Å². The molecule has 25 heavy (non-hydrogen) atoms. The van der Waals surface area contributed by atoms with Gasteiger partial charge in [-0.15, -0.1) is 0 Å². The van der Waals surface area contributed by atoms with Gasteiger partial charge in [0.25, 0.3) is 5.91 Å². The first-order chi connectivity index (χ1) is 11.8. The molecule has 0 saturated carbocycles. The van der Waals surface area contributed by atoms with Crippen molar-refractivity contribution in [2.75, 3.05) is 43.2 Å². The fraction of sp³-hybridized carbons (Fsp3) is 0.500. The molecule has 3 rings (SSSR count). The van der Waals surface area contributed by atoms with Crippen molar-refractivity contribution in [2.24, 2.45) is 5.92 Å². The zero-order valence-electron chi connectivity index (χ0n) is 14.2. The third-order valence-corrected chi connectivity index (χ3v) is 5.92. The Labute approximate surface area is 146 Å². The van der Waals surface area contributed by atoms with Crippen molar-refractivity contribution < 1.29 is 22.7 Å². The first-order valence-corrected chi connectivity index (χ1v) is 9.90. The molecule has 1 fully saturated rings. The molecule has 136 valence electrons. The molecule has 8 nitrogen and oxygen atoms in total. The highest BCUT2D eigenvalue weighted by Crippen LogP contribution is 2.38. The van der Waals surface area contributed by atoms with Crippen molar-refractivity contribution in [3.63, 3.8) is 0 Å². The molecule has 0 radical (unpaired) electrons. The molecule has 2 heterocycles. The fourth-order valence-corrected chi connectivity index (χ4v) is 3.96. The second kappa shape index (κ2) is 6.64. The lowest BCUT2D eigenvalue weighted by atomic mass is 9.97. The van der Waals surface area contributed by atoms with Gasteiger partial charge in [-0.05, 0) is 25.0 Å². The van der Waals surface area contributed by atoms with E-state index in [1.807, 2.05) is 0 Å². The molecule has 9 heteroatoms. The maximum absolute atomic E-state index is 12.5. The second-order valence-electron chi connectivity index (χ2n) is 6.32. The highest BCUT2D eigenvalue weighted by molar-refractivity contribution is 7.88. The van der Waals surface area contributed by atoms with Crippen molar-refractivity contribution in [2.45, 2.75) is 12.8 Å². The van der Waals surface area contributed by atoms with Crippen molar-refractivity contribution in [3.8, 4) is 5.75 Å². The third kappa shape index (κ3) is 3.62. The molecule has 0 atom stereocenters. The van der Waals surface area contributed by atoms with Crippen LogP contribution in [-0.2, 0) is 19.6 Å². The molecule has 2 amide bonds. The van der Waals surface area contributed by atoms with E-state index in [4.69, 9.17) is 4.74 Å². The summed E-state index contributed by atoms with van der Waals surface area (Å²) in [7, 11) is -1.55. The van der Waals surface area contributed by atoms with Gasteiger partial charge < -0.3 is 15.0 Å². The lowest BCUT2D eigenvalue weighted by Crippen LogP contribution is -2.41. The summed E-state index contributed by atoms with van der Waals surface area (Å²) in [6.07, 6.45) is 2.14. The largest absolute Gasteiger partial charge is 0.479 e. The van der Waals surface area contributed by atoms with Gasteiger partial charge in [0, 0.05) is 26.1 Å². The standard InChI is InChI=1S/C16H21N3O5S/c1-18-13-5-3-4-12(15(13)24-10-14(18)20)17-16(21)11-6-8-19(9-7-11)25(2,22)23/h3-5,11H,6-10H2,1-2H3,(H,17,21). The molecule has 1 saturated heterocycles. The molecule has 0 unspecified atom stereocenters. The average molecular weight is 367 g/mol. The molecule has 1 aromatic carbocycles. The number of fused-ring (bicyclic) bond motifs is 1. The van der Waals surface area contributed by atoms with Crippen LogP contribution >= 0.6 is 0 Å². The van der Waals surface area contributed by atoms with Gasteiger partial charge in [-0.2, -0.15) is 0 Å². The quantitative estimate of drug-likeness (QED) is 0.846. The summed E-state index contributed by atoms with van der Waals surface area (Å²) in [5.74, 6) is -0.0860. The number of hydrogen-bond acceptors (Lipinski definition) is 5. The van der Waals surface area contributed by atoms with Crippen LogP contribution in [0.5, 0.6) is 5.75 Å². The monoisotopic (exact) mass is 367 g/mol. The number of hydrogen-bond donors (Lipinski definition) is 1. The lowest BCUT2D eigenvalue weighted by molar-refractivity contribution is -0.121. The van der Waals surface area contributed by atoms with E-state index in [-0.39, 0.29) is 24.3 Å². The minimum absolute atomic E-state index is 0.0663. The SMILES string of the molecule is CN1C(=O)COc2c(NC(=O)C3CCN(S(C)(=O)=O)CC3)cccc21. The Morgan fingerprint density at radius 1 is 1.28 bits per heavy atom. The number of likely N-dealkylation sites (N-methyl/N-ethyl adjacent to an activating group) is 1. The van der Waals surface area contributed by atoms with Crippen molar-refractivity contribution in [3.05, 3.63) is 18.2 Å². The van der Waals surface area contributed by atoms with Gasteiger partial charge in [0.2, 0.25) is 15.9 Å². The second-order valence-corrected chi connectivity index (χ2v) is 8.30. The molecule has 0 spiro atoms. The zero-order valence-corrected chi connectivity index (χ0v) is 15.0. The summed E-state index contributed by atoms with van der Waals surface area (Å²) in [4.78, 5) is 25.7. The topological polar surface area (TPSA) is 96.0 Å².